The summed E-state index contributed by atoms with van der Waals surface area (Å²) in [4.78, 5) is 14.4. The Balaban J connectivity index is 2.02. The van der Waals surface area contributed by atoms with Gasteiger partial charge in [0.05, 0.1) is 6.04 Å². The zero-order valence-electron chi connectivity index (χ0n) is 11.7. The van der Waals surface area contributed by atoms with Crippen LogP contribution >= 0.6 is 11.8 Å². The van der Waals surface area contributed by atoms with Crippen LogP contribution in [0.4, 0.5) is 0 Å². The van der Waals surface area contributed by atoms with Gasteiger partial charge in [-0.15, -0.1) is 11.8 Å². The van der Waals surface area contributed by atoms with Crippen LogP contribution in [-0.4, -0.2) is 35.0 Å². The Hall–Kier alpha value is -1.00. The van der Waals surface area contributed by atoms with Gasteiger partial charge in [-0.25, -0.2) is 0 Å². The Morgan fingerprint density at radius 3 is 2.74 bits per heavy atom. The molecule has 1 amide bonds. The lowest BCUT2D eigenvalue weighted by Crippen LogP contribution is -2.44. The van der Waals surface area contributed by atoms with E-state index in [1.165, 1.54) is 11.1 Å². The number of nitrogens with zero attached hydrogens (tertiary/aromatic N) is 1. The van der Waals surface area contributed by atoms with Gasteiger partial charge < -0.3 is 4.90 Å². The average molecular weight is 278 g/mol. The van der Waals surface area contributed by atoms with E-state index in [0.29, 0.717) is 0 Å². The van der Waals surface area contributed by atoms with Crippen molar-refractivity contribution in [2.24, 2.45) is 0 Å². The number of hydrogen-bond donors (Lipinski definition) is 1. The first-order valence-corrected chi connectivity index (χ1v) is 8.01. The Labute approximate surface area is 119 Å². The van der Waals surface area contributed by atoms with Crippen LogP contribution in [0.1, 0.15) is 24.5 Å². The molecule has 0 bridgehead atoms. The summed E-state index contributed by atoms with van der Waals surface area (Å²) in [5.41, 5.74) is 2.46. The highest BCUT2D eigenvalue weighted by molar-refractivity contribution is 7.99. The largest absolute Gasteiger partial charge is 0.337 e. The first kappa shape index (κ1) is 14.4. The molecule has 1 heterocycles. The van der Waals surface area contributed by atoms with E-state index in [-0.39, 0.29) is 11.9 Å². The molecule has 0 aromatic heterocycles. The van der Waals surface area contributed by atoms with Crippen LogP contribution < -0.4 is 5.32 Å². The lowest BCUT2D eigenvalue weighted by atomic mass is 10.1. The third kappa shape index (κ3) is 3.98. The van der Waals surface area contributed by atoms with Crippen LogP contribution in [0.2, 0.25) is 0 Å². The van der Waals surface area contributed by atoms with Crippen LogP contribution in [0.3, 0.4) is 0 Å². The molecule has 0 spiro atoms. The predicted molar refractivity (Wildman–Crippen MR) is 81.1 cm³/mol. The molecule has 1 atom stereocenters. The summed E-state index contributed by atoms with van der Waals surface area (Å²) in [6.45, 7) is 5.75. The Morgan fingerprint density at radius 2 is 2.16 bits per heavy atom. The maximum absolute atomic E-state index is 12.5. The van der Waals surface area contributed by atoms with Crippen LogP contribution in [0.25, 0.3) is 0 Å². The van der Waals surface area contributed by atoms with Gasteiger partial charge in [-0.2, -0.15) is 0 Å². The standard InChI is InChI=1S/C15H22N2OS/c1-3-8-17(15(18)14-10-19-11-16-14)9-13-6-4-12(2)5-7-13/h4-7,14,16H,3,8-11H2,1-2H3. The average Bonchev–Trinajstić information content (AvgIpc) is 2.94. The number of amides is 1. The lowest BCUT2D eigenvalue weighted by Gasteiger charge is -2.25. The van der Waals surface area contributed by atoms with Crippen molar-refractivity contribution >= 4 is 17.7 Å². The normalized spacial score (nSPS) is 18.5. The van der Waals surface area contributed by atoms with Gasteiger partial charge in [-0.1, -0.05) is 36.8 Å². The minimum atomic E-state index is 0.00185. The fourth-order valence-corrected chi connectivity index (χ4v) is 3.16. The topological polar surface area (TPSA) is 32.3 Å². The number of rotatable bonds is 5. The summed E-state index contributed by atoms with van der Waals surface area (Å²) < 4.78 is 0. The van der Waals surface area contributed by atoms with Gasteiger partial charge >= 0.3 is 0 Å². The van der Waals surface area contributed by atoms with Crippen molar-refractivity contribution in [3.05, 3.63) is 35.4 Å². The van der Waals surface area contributed by atoms with E-state index in [1.54, 1.807) is 11.8 Å². The van der Waals surface area contributed by atoms with Crippen LogP contribution in [0, 0.1) is 6.92 Å². The maximum Gasteiger partial charge on any atom is 0.240 e. The monoisotopic (exact) mass is 278 g/mol. The number of hydrogen-bond acceptors (Lipinski definition) is 3. The molecule has 0 aliphatic carbocycles. The molecule has 1 fully saturated rings. The number of aryl methyl sites for hydroxylation is 1. The zero-order valence-corrected chi connectivity index (χ0v) is 12.5. The second-order valence-electron chi connectivity index (χ2n) is 5.02. The Morgan fingerprint density at radius 1 is 1.42 bits per heavy atom. The molecule has 4 heteroatoms. The number of benzene rings is 1. The van der Waals surface area contributed by atoms with Gasteiger partial charge in [0.25, 0.3) is 0 Å². The van der Waals surface area contributed by atoms with Gasteiger partial charge in [0.15, 0.2) is 0 Å². The second-order valence-corrected chi connectivity index (χ2v) is 6.05. The zero-order chi connectivity index (χ0) is 13.7. The third-order valence-electron chi connectivity index (χ3n) is 3.31. The van der Waals surface area contributed by atoms with Crippen LogP contribution in [0.15, 0.2) is 24.3 Å². The molecule has 1 aromatic rings. The molecule has 1 aliphatic rings. The van der Waals surface area contributed by atoms with E-state index in [4.69, 9.17) is 0 Å². The summed E-state index contributed by atoms with van der Waals surface area (Å²) in [6, 6.07) is 8.44. The number of carbonyl (C=O) groups excluding carboxylic acids is 1. The minimum absolute atomic E-state index is 0.00185. The summed E-state index contributed by atoms with van der Waals surface area (Å²) in [7, 11) is 0. The predicted octanol–water partition coefficient (Wildman–Crippen LogP) is 2.40. The van der Waals surface area contributed by atoms with Gasteiger partial charge in [-0.05, 0) is 18.9 Å². The molecule has 0 saturated carbocycles. The van der Waals surface area contributed by atoms with Crippen molar-refractivity contribution in [3.8, 4) is 0 Å². The highest BCUT2D eigenvalue weighted by atomic mass is 32.2. The van der Waals surface area contributed by atoms with E-state index < -0.39 is 0 Å². The minimum Gasteiger partial charge on any atom is -0.337 e. The molecular weight excluding hydrogens is 256 g/mol. The van der Waals surface area contributed by atoms with E-state index in [9.17, 15) is 4.79 Å². The molecule has 0 radical (unpaired) electrons. The fraction of sp³-hybridized carbons (Fsp3) is 0.533. The van der Waals surface area contributed by atoms with Crippen molar-refractivity contribution in [1.29, 1.82) is 0 Å². The third-order valence-corrected chi connectivity index (χ3v) is 4.25. The molecule has 1 aromatic carbocycles. The molecular formula is C15H22N2OS. The van der Waals surface area contributed by atoms with E-state index in [2.05, 4.69) is 43.4 Å². The van der Waals surface area contributed by atoms with Gasteiger partial charge in [-0.3, -0.25) is 10.1 Å². The lowest BCUT2D eigenvalue weighted by molar-refractivity contribution is -0.133. The maximum atomic E-state index is 12.5. The van der Waals surface area contributed by atoms with E-state index in [0.717, 1.165) is 31.1 Å². The molecule has 1 saturated heterocycles. The number of thioether (sulfide) groups is 1. The smallest absolute Gasteiger partial charge is 0.240 e. The van der Waals surface area contributed by atoms with Gasteiger partial charge in [0.2, 0.25) is 5.91 Å². The van der Waals surface area contributed by atoms with E-state index in [1.807, 2.05) is 4.90 Å². The van der Waals surface area contributed by atoms with Crippen LogP contribution in [0.5, 0.6) is 0 Å². The van der Waals surface area contributed by atoms with Crippen molar-refractivity contribution in [3.63, 3.8) is 0 Å². The quantitative estimate of drug-likeness (QED) is 0.897. The summed E-state index contributed by atoms with van der Waals surface area (Å²) >= 11 is 1.80. The molecule has 104 valence electrons. The number of nitrogens with one attached hydrogen (secondary N) is 1. The highest BCUT2D eigenvalue weighted by Gasteiger charge is 2.26. The molecule has 2 rings (SSSR count). The van der Waals surface area contributed by atoms with Gasteiger partial charge in [0.1, 0.15) is 0 Å². The van der Waals surface area contributed by atoms with Crippen LogP contribution in [-0.2, 0) is 11.3 Å². The first-order chi connectivity index (χ1) is 9.20. The van der Waals surface area contributed by atoms with Crippen molar-refractivity contribution < 1.29 is 4.79 Å². The number of carbonyl (C=O) groups is 1. The van der Waals surface area contributed by atoms with Crippen molar-refractivity contribution in [2.75, 3.05) is 18.2 Å². The Kier molecular flexibility index (Phi) is 5.28. The summed E-state index contributed by atoms with van der Waals surface area (Å²) in [6.07, 6.45) is 0.997. The molecule has 1 N–H and O–H groups in total. The van der Waals surface area contributed by atoms with Crippen molar-refractivity contribution in [2.45, 2.75) is 32.9 Å². The molecule has 1 unspecified atom stereocenters. The summed E-state index contributed by atoms with van der Waals surface area (Å²) in [5, 5.41) is 3.26. The first-order valence-electron chi connectivity index (χ1n) is 6.86. The molecule has 3 nitrogen and oxygen atoms in total. The van der Waals surface area contributed by atoms with Gasteiger partial charge in [0, 0.05) is 24.7 Å². The molecule has 19 heavy (non-hydrogen) atoms. The Bertz CT molecular complexity index is 413. The fourth-order valence-electron chi connectivity index (χ4n) is 2.23. The SMILES string of the molecule is CCCN(Cc1ccc(C)cc1)C(=O)C1CSCN1. The molecule has 1 aliphatic heterocycles. The van der Waals surface area contributed by atoms with E-state index >= 15 is 0 Å². The summed E-state index contributed by atoms with van der Waals surface area (Å²) in [5.74, 6) is 2.03. The van der Waals surface area contributed by atoms with Crippen molar-refractivity contribution in [1.82, 2.24) is 10.2 Å². The highest BCUT2D eigenvalue weighted by Crippen LogP contribution is 2.14. The second kappa shape index (κ2) is 6.96.